The lowest BCUT2D eigenvalue weighted by atomic mass is 9.96. The van der Waals surface area contributed by atoms with Gasteiger partial charge in [-0.2, -0.15) is 10.5 Å². The normalized spacial score (nSPS) is 11.3. The van der Waals surface area contributed by atoms with Crippen molar-refractivity contribution in [3.05, 3.63) is 315 Å². The van der Waals surface area contributed by atoms with E-state index in [1.165, 1.54) is 0 Å². The zero-order chi connectivity index (χ0) is 60.1. The van der Waals surface area contributed by atoms with Gasteiger partial charge in [0.2, 0.25) is 0 Å². The van der Waals surface area contributed by atoms with E-state index >= 15 is 0 Å². The van der Waals surface area contributed by atoms with Gasteiger partial charge < -0.3 is 9.13 Å². The molecular weight excluding hydrogens is 1100 g/mol. The summed E-state index contributed by atoms with van der Waals surface area (Å²) in [7, 11) is 0. The van der Waals surface area contributed by atoms with Gasteiger partial charge in [-0.3, -0.25) is 19.9 Å². The smallest absolute Gasteiger partial charge is 0.0998 e. The summed E-state index contributed by atoms with van der Waals surface area (Å²) in [6.07, 6.45) is 7.41. The summed E-state index contributed by atoms with van der Waals surface area (Å²) in [6.45, 7) is 0. The molecule has 8 heteroatoms. The number of aromatic nitrogens is 6. The van der Waals surface area contributed by atoms with Crippen molar-refractivity contribution in [3.63, 3.8) is 0 Å². The molecule has 0 atom stereocenters. The quantitative estimate of drug-likeness (QED) is 0.128. The number of rotatable bonds is 11. The van der Waals surface area contributed by atoms with E-state index in [9.17, 15) is 10.5 Å². The van der Waals surface area contributed by atoms with E-state index in [2.05, 4.69) is 179 Å². The molecule has 418 valence electrons. The molecule has 90 heavy (non-hydrogen) atoms. The molecule has 0 aliphatic rings. The maximum absolute atomic E-state index is 11.7. The lowest BCUT2D eigenvalue weighted by Crippen LogP contribution is -2.06. The number of fused-ring (bicyclic) bond motifs is 6. The Morgan fingerprint density at radius 1 is 0.244 bits per heavy atom. The average molecular weight is 1150 g/mol. The van der Waals surface area contributed by atoms with Crippen LogP contribution in [-0.4, -0.2) is 29.1 Å². The van der Waals surface area contributed by atoms with E-state index in [0.29, 0.717) is 16.7 Å². The molecular formula is C82H50N8. The zero-order valence-corrected chi connectivity index (χ0v) is 48.4. The number of hydrogen-bond acceptors (Lipinski definition) is 6. The van der Waals surface area contributed by atoms with Gasteiger partial charge in [-0.05, 0) is 101 Å². The predicted molar refractivity (Wildman–Crippen MR) is 365 cm³/mol. The molecule has 0 fully saturated rings. The highest BCUT2D eigenvalue weighted by atomic mass is 15.1. The Balaban J connectivity index is 1.06. The Bertz CT molecular complexity index is 5280. The Hall–Kier alpha value is -12.6. The Labute approximate surface area is 519 Å². The van der Waals surface area contributed by atoms with Gasteiger partial charge in [-0.1, -0.05) is 206 Å². The fourth-order valence-corrected chi connectivity index (χ4v) is 13.1. The first-order chi connectivity index (χ1) is 44.6. The first kappa shape index (κ1) is 52.9. The fourth-order valence-electron chi connectivity index (χ4n) is 13.1. The van der Waals surface area contributed by atoms with E-state index in [1.807, 2.05) is 140 Å². The highest BCUT2D eigenvalue weighted by Gasteiger charge is 2.26. The molecule has 0 spiro atoms. The summed E-state index contributed by atoms with van der Waals surface area (Å²) in [5.41, 5.74) is 23.0. The van der Waals surface area contributed by atoms with Gasteiger partial charge in [0.25, 0.3) is 0 Å². The molecule has 0 unspecified atom stereocenters. The minimum absolute atomic E-state index is 0.441. The molecule has 8 nitrogen and oxygen atoms in total. The number of pyridine rings is 4. The number of nitriles is 2. The molecule has 6 aromatic heterocycles. The average Bonchev–Trinajstić information content (AvgIpc) is 1.57. The SMILES string of the molecule is N#Cc1cccc(-c2cc(-n3c4cc(-c5cccnc5-c5ccccc5)ccc4c4ccc(-c5cccnc5-c5ccccc5)cc43)c(-n3c4cc(-c5cccnc5-c5ccccc5)ccc4c4ccc(-c5cccnc5-c5ccccc5)cc43)cc2C#N)c1. The zero-order valence-electron chi connectivity index (χ0n) is 48.4. The minimum atomic E-state index is 0.441. The summed E-state index contributed by atoms with van der Waals surface area (Å²) in [6, 6.07) is 102. The molecule has 16 rings (SSSR count). The van der Waals surface area contributed by atoms with Crippen LogP contribution in [0.4, 0.5) is 0 Å². The maximum atomic E-state index is 11.7. The van der Waals surface area contributed by atoms with Crippen LogP contribution in [0.3, 0.4) is 0 Å². The molecule has 0 saturated heterocycles. The summed E-state index contributed by atoms with van der Waals surface area (Å²) in [4.78, 5) is 20.1. The Kier molecular flexibility index (Phi) is 13.1. The molecule has 0 bridgehead atoms. The fraction of sp³-hybridized carbons (Fsp3) is 0. The lowest BCUT2D eigenvalue weighted by Gasteiger charge is -2.20. The Morgan fingerprint density at radius 3 is 0.878 bits per heavy atom. The minimum Gasteiger partial charge on any atom is -0.307 e. The van der Waals surface area contributed by atoms with Crippen LogP contribution in [0.1, 0.15) is 11.1 Å². The van der Waals surface area contributed by atoms with E-state index in [4.69, 9.17) is 19.9 Å². The molecule has 0 saturated carbocycles. The van der Waals surface area contributed by atoms with Gasteiger partial charge in [-0.25, -0.2) is 0 Å². The van der Waals surface area contributed by atoms with Crippen molar-refractivity contribution >= 4 is 43.6 Å². The standard InChI is InChI=1S/C82H50N8/c83-51-53-18-13-27-58(44-53)72-50-78(90-75-47-61(66-30-16-42-87-81(66)56-23-9-3-10-24-56)34-38-70(75)71-39-35-62(48-76(71)90)67-31-17-43-88-82(67)57-25-11-4-12-26-57)77(49-63(72)52-84)89-73-45-59(64-28-14-40-85-79(64)54-19-5-1-6-20-54)32-36-68(73)69-37-33-60(46-74(69)89)65-29-15-41-86-80(65)55-21-7-2-8-22-55/h1-50H. The second-order valence-corrected chi connectivity index (χ2v) is 22.4. The van der Waals surface area contributed by atoms with Gasteiger partial charge in [-0.15, -0.1) is 0 Å². The molecule has 0 N–H and O–H groups in total. The first-order valence-corrected chi connectivity index (χ1v) is 29.9. The van der Waals surface area contributed by atoms with Crippen LogP contribution in [0.15, 0.2) is 304 Å². The number of hydrogen-bond donors (Lipinski definition) is 0. The summed E-state index contributed by atoms with van der Waals surface area (Å²) in [5.74, 6) is 0. The topological polar surface area (TPSA) is 109 Å². The van der Waals surface area contributed by atoms with Crippen molar-refractivity contribution in [2.45, 2.75) is 0 Å². The second kappa shape index (κ2) is 22.3. The lowest BCUT2D eigenvalue weighted by molar-refractivity contribution is 1.09. The third-order valence-corrected chi connectivity index (χ3v) is 17.2. The molecule has 16 aromatic rings. The third-order valence-electron chi connectivity index (χ3n) is 17.2. The summed E-state index contributed by atoms with van der Waals surface area (Å²) < 4.78 is 4.74. The van der Waals surface area contributed by atoms with Gasteiger partial charge >= 0.3 is 0 Å². The van der Waals surface area contributed by atoms with Crippen molar-refractivity contribution in [1.29, 1.82) is 10.5 Å². The van der Waals surface area contributed by atoms with Crippen LogP contribution in [0.25, 0.3) is 156 Å². The van der Waals surface area contributed by atoms with Gasteiger partial charge in [0.1, 0.15) is 0 Å². The van der Waals surface area contributed by atoms with Crippen LogP contribution in [-0.2, 0) is 0 Å². The van der Waals surface area contributed by atoms with Crippen molar-refractivity contribution < 1.29 is 0 Å². The van der Waals surface area contributed by atoms with Crippen LogP contribution < -0.4 is 0 Å². The van der Waals surface area contributed by atoms with Crippen LogP contribution in [0.2, 0.25) is 0 Å². The van der Waals surface area contributed by atoms with Crippen molar-refractivity contribution in [2.24, 2.45) is 0 Å². The maximum Gasteiger partial charge on any atom is 0.0998 e. The molecule has 6 heterocycles. The molecule has 0 amide bonds. The number of benzene rings is 10. The van der Waals surface area contributed by atoms with Crippen LogP contribution in [0, 0.1) is 22.7 Å². The van der Waals surface area contributed by atoms with Crippen LogP contribution >= 0.6 is 0 Å². The number of nitrogens with zero attached hydrogens (tertiary/aromatic N) is 8. The predicted octanol–water partition coefficient (Wildman–Crippen LogP) is 20.2. The molecule has 0 aliphatic carbocycles. The van der Waals surface area contributed by atoms with E-state index in [-0.39, 0.29) is 0 Å². The molecule has 10 aromatic carbocycles. The monoisotopic (exact) mass is 1150 g/mol. The van der Waals surface area contributed by atoms with Gasteiger partial charge in [0, 0.05) is 96.4 Å². The Morgan fingerprint density at radius 2 is 0.556 bits per heavy atom. The van der Waals surface area contributed by atoms with E-state index in [0.717, 1.165) is 150 Å². The highest BCUT2D eigenvalue weighted by Crippen LogP contribution is 2.46. The second-order valence-electron chi connectivity index (χ2n) is 22.4. The van der Waals surface area contributed by atoms with Gasteiger partial charge in [0.15, 0.2) is 0 Å². The molecule has 0 radical (unpaired) electrons. The highest BCUT2D eigenvalue weighted by molar-refractivity contribution is 6.14. The first-order valence-electron chi connectivity index (χ1n) is 29.9. The van der Waals surface area contributed by atoms with Crippen molar-refractivity contribution in [3.8, 4) is 124 Å². The van der Waals surface area contributed by atoms with Gasteiger partial charge in [0.05, 0.1) is 79.5 Å². The van der Waals surface area contributed by atoms with Crippen LogP contribution in [0.5, 0.6) is 0 Å². The largest absolute Gasteiger partial charge is 0.307 e. The third kappa shape index (κ3) is 9.16. The van der Waals surface area contributed by atoms with Crippen molar-refractivity contribution in [2.75, 3.05) is 0 Å². The van der Waals surface area contributed by atoms with E-state index < -0.39 is 0 Å². The van der Waals surface area contributed by atoms with E-state index in [1.54, 1.807) is 6.07 Å². The molecule has 0 aliphatic heterocycles. The summed E-state index contributed by atoms with van der Waals surface area (Å²) >= 11 is 0. The van der Waals surface area contributed by atoms with Crippen molar-refractivity contribution in [1.82, 2.24) is 29.1 Å². The summed E-state index contributed by atoms with van der Waals surface area (Å²) in [5, 5.41) is 26.2.